The second-order valence-electron chi connectivity index (χ2n) is 6.98. The Kier molecular flexibility index (Phi) is 4.29. The Balaban J connectivity index is 2.07. The van der Waals surface area contributed by atoms with Crippen molar-refractivity contribution in [2.45, 2.75) is 71.9 Å². The van der Waals surface area contributed by atoms with E-state index in [1.807, 2.05) is 4.68 Å². The first-order valence-corrected chi connectivity index (χ1v) is 7.56. The highest BCUT2D eigenvalue weighted by Crippen LogP contribution is 2.40. The lowest BCUT2D eigenvalue weighted by atomic mass is 9.81. The second kappa shape index (κ2) is 5.61. The molecule has 1 fully saturated rings. The molecule has 0 aliphatic heterocycles. The summed E-state index contributed by atoms with van der Waals surface area (Å²) in [6, 6.07) is 0. The summed E-state index contributed by atoms with van der Waals surface area (Å²) < 4.78 is 2.04. The Morgan fingerprint density at radius 2 is 2.00 bits per heavy atom. The predicted octanol–water partition coefficient (Wildman–Crippen LogP) is 2.79. The molecule has 0 aromatic carbocycles. The van der Waals surface area contributed by atoms with Gasteiger partial charge in [0.05, 0.1) is 0 Å². The maximum atomic E-state index is 4.46. The van der Waals surface area contributed by atoms with Crippen molar-refractivity contribution in [3.05, 3.63) is 12.2 Å². The van der Waals surface area contributed by atoms with Crippen LogP contribution in [-0.4, -0.2) is 26.8 Å². The van der Waals surface area contributed by atoms with E-state index in [-0.39, 0.29) is 5.54 Å². The molecule has 1 aliphatic carbocycles. The Morgan fingerprint density at radius 1 is 1.32 bits per heavy atom. The van der Waals surface area contributed by atoms with Crippen molar-refractivity contribution in [3.8, 4) is 0 Å². The van der Waals surface area contributed by atoms with E-state index in [2.05, 4.69) is 43.1 Å². The van der Waals surface area contributed by atoms with E-state index >= 15 is 0 Å². The SMILES string of the molecule is CCn1ncnc1CC1(CNC(C)(C)C)CCCC1. The molecule has 19 heavy (non-hydrogen) atoms. The van der Waals surface area contributed by atoms with E-state index in [0.717, 1.165) is 25.3 Å². The van der Waals surface area contributed by atoms with Crippen LogP contribution in [-0.2, 0) is 13.0 Å². The zero-order valence-corrected chi connectivity index (χ0v) is 12.9. The molecule has 0 saturated heterocycles. The summed E-state index contributed by atoms with van der Waals surface area (Å²) in [4.78, 5) is 4.46. The number of hydrogen-bond donors (Lipinski definition) is 1. The smallest absolute Gasteiger partial charge is 0.138 e. The average molecular weight is 264 g/mol. The first-order chi connectivity index (χ1) is 8.94. The van der Waals surface area contributed by atoms with Crippen molar-refractivity contribution in [1.82, 2.24) is 20.1 Å². The predicted molar refractivity (Wildman–Crippen MR) is 78.1 cm³/mol. The molecule has 1 aromatic rings. The monoisotopic (exact) mass is 264 g/mol. The fourth-order valence-corrected chi connectivity index (χ4v) is 3.02. The van der Waals surface area contributed by atoms with Gasteiger partial charge in [-0.05, 0) is 46.0 Å². The molecule has 108 valence electrons. The Morgan fingerprint density at radius 3 is 2.58 bits per heavy atom. The molecule has 0 spiro atoms. The molecule has 2 rings (SSSR count). The number of nitrogens with one attached hydrogen (secondary N) is 1. The standard InChI is InChI=1S/C15H28N4/c1-5-19-13(16-12-18-19)10-15(8-6-7-9-15)11-17-14(2,3)4/h12,17H,5-11H2,1-4H3. The average Bonchev–Trinajstić information content (AvgIpc) is 2.96. The lowest BCUT2D eigenvalue weighted by molar-refractivity contribution is 0.237. The molecule has 0 atom stereocenters. The Hall–Kier alpha value is -0.900. The molecule has 1 N–H and O–H groups in total. The van der Waals surface area contributed by atoms with E-state index in [1.165, 1.54) is 25.7 Å². The van der Waals surface area contributed by atoms with Crippen LogP contribution in [0.15, 0.2) is 6.33 Å². The molecule has 0 bridgehead atoms. The topological polar surface area (TPSA) is 42.7 Å². The highest BCUT2D eigenvalue weighted by atomic mass is 15.3. The lowest BCUT2D eigenvalue weighted by Crippen LogP contribution is -2.44. The summed E-state index contributed by atoms with van der Waals surface area (Å²) in [6.07, 6.45) is 8.08. The van der Waals surface area contributed by atoms with E-state index in [0.29, 0.717) is 5.41 Å². The number of aryl methyl sites for hydroxylation is 1. The number of hydrogen-bond acceptors (Lipinski definition) is 3. The molecule has 0 unspecified atom stereocenters. The van der Waals surface area contributed by atoms with Gasteiger partial charge < -0.3 is 5.32 Å². The maximum Gasteiger partial charge on any atom is 0.138 e. The minimum Gasteiger partial charge on any atom is -0.312 e. The minimum absolute atomic E-state index is 0.189. The van der Waals surface area contributed by atoms with Crippen molar-refractivity contribution in [2.75, 3.05) is 6.54 Å². The molecule has 1 heterocycles. The van der Waals surface area contributed by atoms with Crippen molar-refractivity contribution >= 4 is 0 Å². The van der Waals surface area contributed by atoms with Crippen molar-refractivity contribution < 1.29 is 0 Å². The van der Waals surface area contributed by atoms with Gasteiger partial charge in [-0.2, -0.15) is 5.10 Å². The molecule has 4 nitrogen and oxygen atoms in total. The van der Waals surface area contributed by atoms with Crippen LogP contribution in [0.3, 0.4) is 0 Å². The van der Waals surface area contributed by atoms with Crippen LogP contribution in [0.5, 0.6) is 0 Å². The summed E-state index contributed by atoms with van der Waals surface area (Å²) in [5, 5.41) is 8.00. The third kappa shape index (κ3) is 3.78. The summed E-state index contributed by atoms with van der Waals surface area (Å²) in [5.74, 6) is 1.15. The van der Waals surface area contributed by atoms with Crippen molar-refractivity contribution in [3.63, 3.8) is 0 Å². The van der Waals surface area contributed by atoms with Gasteiger partial charge in [0.15, 0.2) is 0 Å². The fraction of sp³-hybridized carbons (Fsp3) is 0.867. The highest BCUT2D eigenvalue weighted by molar-refractivity contribution is 4.98. The summed E-state index contributed by atoms with van der Waals surface area (Å²) in [7, 11) is 0. The molecular formula is C15H28N4. The van der Waals surface area contributed by atoms with Gasteiger partial charge in [0.25, 0.3) is 0 Å². The van der Waals surface area contributed by atoms with Gasteiger partial charge in [-0.25, -0.2) is 4.98 Å². The zero-order valence-electron chi connectivity index (χ0n) is 12.9. The van der Waals surface area contributed by atoms with Gasteiger partial charge in [-0.1, -0.05) is 12.8 Å². The molecular weight excluding hydrogens is 236 g/mol. The van der Waals surface area contributed by atoms with Crippen LogP contribution in [0.4, 0.5) is 0 Å². The quantitative estimate of drug-likeness (QED) is 0.889. The fourth-order valence-electron chi connectivity index (χ4n) is 3.02. The normalized spacial score (nSPS) is 18.9. The van der Waals surface area contributed by atoms with Gasteiger partial charge in [0.1, 0.15) is 12.2 Å². The largest absolute Gasteiger partial charge is 0.312 e. The molecule has 1 aromatic heterocycles. The van der Waals surface area contributed by atoms with E-state index in [4.69, 9.17) is 0 Å². The van der Waals surface area contributed by atoms with Crippen LogP contribution in [0.2, 0.25) is 0 Å². The second-order valence-corrected chi connectivity index (χ2v) is 6.98. The molecule has 0 radical (unpaired) electrons. The molecule has 1 saturated carbocycles. The van der Waals surface area contributed by atoms with Crippen molar-refractivity contribution in [1.29, 1.82) is 0 Å². The van der Waals surface area contributed by atoms with E-state index in [9.17, 15) is 0 Å². The first kappa shape index (κ1) is 14.5. The number of aromatic nitrogens is 3. The summed E-state index contributed by atoms with van der Waals surface area (Å²) in [6.45, 7) is 10.9. The summed E-state index contributed by atoms with van der Waals surface area (Å²) >= 11 is 0. The maximum absolute atomic E-state index is 4.46. The molecule has 1 aliphatic rings. The zero-order chi connectivity index (χ0) is 13.9. The number of nitrogens with zero attached hydrogens (tertiary/aromatic N) is 3. The van der Waals surface area contributed by atoms with Crippen molar-refractivity contribution in [2.24, 2.45) is 5.41 Å². The van der Waals surface area contributed by atoms with Gasteiger partial charge >= 0.3 is 0 Å². The van der Waals surface area contributed by atoms with Crippen LogP contribution in [0.25, 0.3) is 0 Å². The third-order valence-corrected chi connectivity index (χ3v) is 4.19. The van der Waals surface area contributed by atoms with E-state index < -0.39 is 0 Å². The van der Waals surface area contributed by atoms with Crippen LogP contribution < -0.4 is 5.32 Å². The highest BCUT2D eigenvalue weighted by Gasteiger charge is 2.36. The van der Waals surface area contributed by atoms with E-state index in [1.54, 1.807) is 6.33 Å². The lowest BCUT2D eigenvalue weighted by Gasteiger charge is -2.33. The Bertz CT molecular complexity index is 397. The minimum atomic E-state index is 0.189. The van der Waals surface area contributed by atoms with Gasteiger partial charge in [0.2, 0.25) is 0 Å². The van der Waals surface area contributed by atoms with Crippen LogP contribution >= 0.6 is 0 Å². The van der Waals surface area contributed by atoms with Crippen LogP contribution in [0, 0.1) is 5.41 Å². The van der Waals surface area contributed by atoms with Gasteiger partial charge in [0, 0.05) is 25.0 Å². The Labute approximate surface area is 117 Å². The summed E-state index contributed by atoms with van der Waals surface area (Å²) in [5.41, 5.74) is 0.571. The molecule has 0 amide bonds. The number of rotatable bonds is 5. The van der Waals surface area contributed by atoms with Crippen LogP contribution in [0.1, 0.15) is 59.2 Å². The first-order valence-electron chi connectivity index (χ1n) is 7.56. The van der Waals surface area contributed by atoms with Gasteiger partial charge in [-0.3, -0.25) is 4.68 Å². The molecule has 4 heteroatoms. The third-order valence-electron chi connectivity index (χ3n) is 4.19. The van der Waals surface area contributed by atoms with Gasteiger partial charge in [-0.15, -0.1) is 0 Å².